The first kappa shape index (κ1) is 16.0. The highest BCUT2D eigenvalue weighted by molar-refractivity contribution is 8.13. The molecule has 0 saturated heterocycles. The quantitative estimate of drug-likeness (QED) is 0.840. The van der Waals surface area contributed by atoms with E-state index in [0.717, 1.165) is 0 Å². The van der Waals surface area contributed by atoms with Gasteiger partial charge in [-0.3, -0.25) is 9.89 Å². The summed E-state index contributed by atoms with van der Waals surface area (Å²) in [7, 11) is 1.39. The normalized spacial score (nSPS) is 11.9. The van der Waals surface area contributed by atoms with Crippen molar-refractivity contribution in [2.75, 3.05) is 6.54 Å². The summed E-state index contributed by atoms with van der Waals surface area (Å²) in [4.78, 5) is 13.7. The Balaban J connectivity index is 3.36. The Bertz CT molecular complexity index is 566. The van der Waals surface area contributed by atoms with Crippen molar-refractivity contribution in [3.63, 3.8) is 0 Å². The van der Waals surface area contributed by atoms with Crippen LogP contribution in [0, 0.1) is 0 Å². The maximum absolute atomic E-state index is 12.3. The highest BCUT2D eigenvalue weighted by Crippen LogP contribution is 2.24. The van der Waals surface area contributed by atoms with Crippen LogP contribution in [0.15, 0.2) is 4.90 Å². The van der Waals surface area contributed by atoms with E-state index >= 15 is 0 Å². The van der Waals surface area contributed by atoms with Crippen LogP contribution in [-0.2, 0) is 15.5 Å². The third-order valence-corrected chi connectivity index (χ3v) is 4.21. The number of nitrogens with one attached hydrogen (secondary N) is 1. The molecule has 0 aromatic carbocycles. The first-order valence-electron chi connectivity index (χ1n) is 6.06. The molecule has 19 heavy (non-hydrogen) atoms. The number of aromatic amines is 1. The van der Waals surface area contributed by atoms with Gasteiger partial charge in [-0.1, -0.05) is 6.92 Å². The molecule has 0 fully saturated rings. The topological polar surface area (TPSA) is 83.1 Å². The molecular formula is C11H18ClN3O3S. The number of carbonyl (C=O) groups is 1. The van der Waals surface area contributed by atoms with Crippen molar-refractivity contribution in [2.24, 2.45) is 0 Å². The SMILES string of the molecule is CCc1[nH]nc(C(=O)N(CC)C(C)C)c1S(=O)(=O)Cl. The Morgan fingerprint density at radius 1 is 1.42 bits per heavy atom. The first-order chi connectivity index (χ1) is 8.73. The van der Waals surface area contributed by atoms with Crippen LogP contribution in [0.1, 0.15) is 43.9 Å². The zero-order chi connectivity index (χ0) is 14.8. The molecule has 0 aliphatic carbocycles. The fourth-order valence-corrected chi connectivity index (χ4v) is 3.24. The fraction of sp³-hybridized carbons (Fsp3) is 0.636. The van der Waals surface area contributed by atoms with Crippen LogP contribution in [-0.4, -0.2) is 42.0 Å². The van der Waals surface area contributed by atoms with Gasteiger partial charge in [0.1, 0.15) is 4.90 Å². The summed E-state index contributed by atoms with van der Waals surface area (Å²) in [6.07, 6.45) is 0.398. The standard InChI is InChI=1S/C11H18ClN3O3S/c1-5-8-10(19(12,17)18)9(14-13-8)11(16)15(6-2)7(3)4/h7H,5-6H2,1-4H3,(H,13,14). The van der Waals surface area contributed by atoms with Crippen LogP contribution in [0.2, 0.25) is 0 Å². The van der Waals surface area contributed by atoms with Crippen molar-refractivity contribution in [3.8, 4) is 0 Å². The Morgan fingerprint density at radius 3 is 2.37 bits per heavy atom. The largest absolute Gasteiger partial charge is 0.335 e. The summed E-state index contributed by atoms with van der Waals surface area (Å²) in [6.45, 7) is 7.74. The van der Waals surface area contributed by atoms with E-state index in [1.54, 1.807) is 6.92 Å². The minimum atomic E-state index is -4.01. The number of aromatic nitrogens is 2. The van der Waals surface area contributed by atoms with Gasteiger partial charge in [0.15, 0.2) is 5.69 Å². The number of amides is 1. The van der Waals surface area contributed by atoms with Gasteiger partial charge in [-0.15, -0.1) is 0 Å². The summed E-state index contributed by atoms with van der Waals surface area (Å²) in [6, 6.07) is -0.0508. The number of halogens is 1. The van der Waals surface area contributed by atoms with Crippen molar-refractivity contribution < 1.29 is 13.2 Å². The molecule has 0 spiro atoms. The van der Waals surface area contributed by atoms with Gasteiger partial charge >= 0.3 is 0 Å². The molecule has 0 aliphatic rings. The molecule has 1 aromatic rings. The number of hydrogen-bond acceptors (Lipinski definition) is 4. The van der Waals surface area contributed by atoms with E-state index in [2.05, 4.69) is 10.2 Å². The summed E-state index contributed by atoms with van der Waals surface area (Å²) >= 11 is 0. The summed E-state index contributed by atoms with van der Waals surface area (Å²) in [5, 5.41) is 6.39. The van der Waals surface area contributed by atoms with Gasteiger partial charge in [-0.25, -0.2) is 8.42 Å². The van der Waals surface area contributed by atoms with Gasteiger partial charge < -0.3 is 4.90 Å². The Hall–Kier alpha value is -1.08. The second-order valence-corrected chi connectivity index (χ2v) is 6.86. The molecule has 0 aliphatic heterocycles. The van der Waals surface area contributed by atoms with E-state index in [1.165, 1.54) is 4.90 Å². The molecule has 1 heterocycles. The van der Waals surface area contributed by atoms with E-state index in [1.807, 2.05) is 20.8 Å². The molecule has 0 bridgehead atoms. The van der Waals surface area contributed by atoms with Crippen molar-refractivity contribution in [2.45, 2.75) is 45.1 Å². The summed E-state index contributed by atoms with van der Waals surface area (Å²) in [5.41, 5.74) is 0.209. The van der Waals surface area contributed by atoms with Gasteiger partial charge in [0.2, 0.25) is 0 Å². The molecule has 8 heteroatoms. The minimum absolute atomic E-state index is 0.0508. The number of nitrogens with zero attached hydrogens (tertiary/aromatic N) is 2. The average Bonchev–Trinajstić information content (AvgIpc) is 2.72. The summed E-state index contributed by atoms with van der Waals surface area (Å²) < 4.78 is 23.2. The molecule has 0 atom stereocenters. The van der Waals surface area contributed by atoms with Crippen molar-refractivity contribution in [3.05, 3.63) is 11.4 Å². The Labute approximate surface area is 117 Å². The Morgan fingerprint density at radius 2 is 2.00 bits per heavy atom. The molecule has 1 aromatic heterocycles. The predicted octanol–water partition coefficient (Wildman–Crippen LogP) is 1.77. The molecule has 1 N–H and O–H groups in total. The smallest absolute Gasteiger partial charge is 0.275 e. The highest BCUT2D eigenvalue weighted by atomic mass is 35.7. The molecule has 108 valence electrons. The number of rotatable bonds is 5. The third-order valence-electron chi connectivity index (χ3n) is 2.82. The predicted molar refractivity (Wildman–Crippen MR) is 72.9 cm³/mol. The lowest BCUT2D eigenvalue weighted by atomic mass is 10.2. The average molecular weight is 308 g/mol. The van der Waals surface area contributed by atoms with Crippen LogP contribution in [0.3, 0.4) is 0 Å². The van der Waals surface area contributed by atoms with E-state index < -0.39 is 15.0 Å². The number of carbonyl (C=O) groups excluding carboxylic acids is 1. The molecule has 0 saturated carbocycles. The van der Waals surface area contributed by atoms with Crippen LogP contribution in [0.4, 0.5) is 0 Å². The summed E-state index contributed by atoms with van der Waals surface area (Å²) in [5.74, 6) is -0.437. The fourth-order valence-electron chi connectivity index (χ4n) is 1.89. The van der Waals surface area contributed by atoms with Crippen molar-refractivity contribution >= 4 is 25.6 Å². The molecule has 0 radical (unpaired) electrons. The van der Waals surface area contributed by atoms with E-state index in [-0.39, 0.29) is 16.6 Å². The molecule has 1 rings (SSSR count). The monoisotopic (exact) mass is 307 g/mol. The van der Waals surface area contributed by atoms with E-state index in [9.17, 15) is 13.2 Å². The lowest BCUT2D eigenvalue weighted by molar-refractivity contribution is 0.0707. The first-order valence-corrected chi connectivity index (χ1v) is 8.37. The minimum Gasteiger partial charge on any atom is -0.335 e. The van der Waals surface area contributed by atoms with Gasteiger partial charge in [0.25, 0.3) is 15.0 Å². The number of hydrogen-bond donors (Lipinski definition) is 1. The van der Waals surface area contributed by atoms with Gasteiger partial charge in [0, 0.05) is 23.3 Å². The second-order valence-electron chi connectivity index (χ2n) is 4.36. The third kappa shape index (κ3) is 3.27. The van der Waals surface area contributed by atoms with E-state index in [0.29, 0.717) is 18.7 Å². The molecular weight excluding hydrogens is 290 g/mol. The van der Waals surface area contributed by atoms with Crippen LogP contribution in [0.5, 0.6) is 0 Å². The highest BCUT2D eigenvalue weighted by Gasteiger charge is 2.30. The van der Waals surface area contributed by atoms with Gasteiger partial charge in [-0.2, -0.15) is 5.10 Å². The lowest BCUT2D eigenvalue weighted by Gasteiger charge is -2.24. The number of aryl methyl sites for hydroxylation is 1. The zero-order valence-corrected chi connectivity index (χ0v) is 13.0. The van der Waals surface area contributed by atoms with Crippen molar-refractivity contribution in [1.29, 1.82) is 0 Å². The molecule has 6 nitrogen and oxygen atoms in total. The van der Waals surface area contributed by atoms with Crippen LogP contribution >= 0.6 is 10.7 Å². The Kier molecular flexibility index (Phi) is 4.98. The zero-order valence-electron chi connectivity index (χ0n) is 11.4. The van der Waals surface area contributed by atoms with E-state index in [4.69, 9.17) is 10.7 Å². The molecule has 1 amide bonds. The second kappa shape index (κ2) is 5.92. The maximum atomic E-state index is 12.3. The molecule has 0 unspecified atom stereocenters. The maximum Gasteiger partial charge on any atom is 0.275 e. The van der Waals surface area contributed by atoms with Gasteiger partial charge in [0.05, 0.1) is 5.69 Å². The van der Waals surface area contributed by atoms with Gasteiger partial charge in [-0.05, 0) is 27.2 Å². The van der Waals surface area contributed by atoms with Crippen molar-refractivity contribution in [1.82, 2.24) is 15.1 Å². The number of H-pyrrole nitrogens is 1. The van der Waals surface area contributed by atoms with Crippen LogP contribution in [0.25, 0.3) is 0 Å². The van der Waals surface area contributed by atoms with Crippen LogP contribution < -0.4 is 0 Å². The lowest BCUT2D eigenvalue weighted by Crippen LogP contribution is -2.37.